The van der Waals surface area contributed by atoms with Crippen LogP contribution in [0, 0.1) is 10.1 Å². The second-order valence-corrected chi connectivity index (χ2v) is 4.87. The summed E-state index contributed by atoms with van der Waals surface area (Å²) in [6, 6.07) is 4.80. The predicted octanol–water partition coefficient (Wildman–Crippen LogP) is 2.08. The number of aliphatic hydroxyl groups excluding tert-OH is 1. The van der Waals surface area contributed by atoms with E-state index in [1.165, 1.54) is 12.3 Å². The standard InChI is InChI=1S/C13H13N3O3/c17-8-13(4-5-13)15-11-1-2-12(16(18)19)9-3-6-14-7-10(9)11/h1-3,6-7,15,17H,4-5,8H2. The van der Waals surface area contributed by atoms with Crippen molar-refractivity contribution in [3.05, 3.63) is 40.7 Å². The number of aliphatic hydroxyl groups is 1. The molecule has 0 amide bonds. The minimum absolute atomic E-state index is 0.0613. The van der Waals surface area contributed by atoms with E-state index in [9.17, 15) is 15.2 Å². The zero-order valence-corrected chi connectivity index (χ0v) is 10.2. The average Bonchev–Trinajstić information content (AvgIpc) is 3.19. The maximum Gasteiger partial charge on any atom is 0.277 e. The van der Waals surface area contributed by atoms with E-state index in [-0.39, 0.29) is 17.8 Å². The highest BCUT2D eigenvalue weighted by Gasteiger charge is 2.42. The molecule has 0 radical (unpaired) electrons. The van der Waals surface area contributed by atoms with E-state index in [0.29, 0.717) is 10.8 Å². The molecule has 1 aromatic heterocycles. The summed E-state index contributed by atoms with van der Waals surface area (Å²) in [7, 11) is 0. The van der Waals surface area contributed by atoms with E-state index in [4.69, 9.17) is 0 Å². The maximum atomic E-state index is 11.0. The van der Waals surface area contributed by atoms with Gasteiger partial charge in [0.25, 0.3) is 5.69 Å². The van der Waals surface area contributed by atoms with Gasteiger partial charge in [0, 0.05) is 29.5 Å². The van der Waals surface area contributed by atoms with Gasteiger partial charge in [-0.2, -0.15) is 0 Å². The van der Waals surface area contributed by atoms with Gasteiger partial charge < -0.3 is 10.4 Å². The zero-order valence-electron chi connectivity index (χ0n) is 10.2. The summed E-state index contributed by atoms with van der Waals surface area (Å²) in [5.41, 5.74) is 0.580. The van der Waals surface area contributed by atoms with Crippen molar-refractivity contribution in [3.8, 4) is 0 Å². The monoisotopic (exact) mass is 259 g/mol. The highest BCUT2D eigenvalue weighted by atomic mass is 16.6. The molecule has 0 bridgehead atoms. The van der Waals surface area contributed by atoms with Crippen LogP contribution in [0.1, 0.15) is 12.8 Å². The number of rotatable bonds is 4. The molecule has 98 valence electrons. The number of hydrogen-bond donors (Lipinski definition) is 2. The third-order valence-corrected chi connectivity index (χ3v) is 3.55. The molecule has 1 aliphatic rings. The second kappa shape index (κ2) is 4.17. The van der Waals surface area contributed by atoms with Crippen molar-refractivity contribution in [2.75, 3.05) is 11.9 Å². The number of non-ortho nitro benzene ring substituents is 1. The van der Waals surface area contributed by atoms with Gasteiger partial charge in [0.2, 0.25) is 0 Å². The summed E-state index contributed by atoms with van der Waals surface area (Å²) in [6.07, 6.45) is 4.96. The van der Waals surface area contributed by atoms with Gasteiger partial charge in [0.1, 0.15) is 0 Å². The van der Waals surface area contributed by atoms with Gasteiger partial charge in [-0.25, -0.2) is 0 Å². The first-order chi connectivity index (χ1) is 9.15. The Kier molecular flexibility index (Phi) is 2.60. The van der Waals surface area contributed by atoms with Crippen LogP contribution in [-0.2, 0) is 0 Å². The van der Waals surface area contributed by atoms with Crippen molar-refractivity contribution in [3.63, 3.8) is 0 Å². The molecule has 0 saturated heterocycles. The number of anilines is 1. The lowest BCUT2D eigenvalue weighted by Gasteiger charge is -2.17. The summed E-state index contributed by atoms with van der Waals surface area (Å²) in [5.74, 6) is 0. The van der Waals surface area contributed by atoms with Gasteiger partial charge in [-0.15, -0.1) is 0 Å². The second-order valence-electron chi connectivity index (χ2n) is 4.87. The van der Waals surface area contributed by atoms with Crippen LogP contribution in [0.2, 0.25) is 0 Å². The predicted molar refractivity (Wildman–Crippen MR) is 71.1 cm³/mol. The molecular weight excluding hydrogens is 246 g/mol. The van der Waals surface area contributed by atoms with E-state index in [1.807, 2.05) is 0 Å². The molecule has 3 rings (SSSR count). The lowest BCUT2D eigenvalue weighted by Crippen LogP contribution is -2.25. The van der Waals surface area contributed by atoms with Crippen LogP contribution in [0.4, 0.5) is 11.4 Å². The normalized spacial score (nSPS) is 16.3. The Morgan fingerprint density at radius 1 is 1.37 bits per heavy atom. The Bertz CT molecular complexity index is 653. The van der Waals surface area contributed by atoms with E-state index >= 15 is 0 Å². The molecule has 1 fully saturated rings. The molecule has 0 atom stereocenters. The lowest BCUT2D eigenvalue weighted by molar-refractivity contribution is -0.383. The summed E-state index contributed by atoms with van der Waals surface area (Å²) < 4.78 is 0. The first-order valence-corrected chi connectivity index (χ1v) is 6.05. The number of nitro benzene ring substituents is 1. The molecule has 1 saturated carbocycles. The molecule has 6 heteroatoms. The lowest BCUT2D eigenvalue weighted by atomic mass is 10.1. The van der Waals surface area contributed by atoms with Crippen molar-refractivity contribution < 1.29 is 10.0 Å². The van der Waals surface area contributed by atoms with E-state index in [1.54, 1.807) is 18.3 Å². The molecule has 1 aromatic carbocycles. The molecule has 0 spiro atoms. The van der Waals surface area contributed by atoms with Crippen LogP contribution >= 0.6 is 0 Å². The molecule has 6 nitrogen and oxygen atoms in total. The fourth-order valence-corrected chi connectivity index (χ4v) is 2.20. The van der Waals surface area contributed by atoms with Crippen LogP contribution in [0.3, 0.4) is 0 Å². The van der Waals surface area contributed by atoms with Crippen LogP contribution in [0.15, 0.2) is 30.6 Å². The van der Waals surface area contributed by atoms with Crippen molar-refractivity contribution in [1.29, 1.82) is 0 Å². The van der Waals surface area contributed by atoms with Crippen LogP contribution in [0.25, 0.3) is 10.8 Å². The SMILES string of the molecule is O=[N+]([O-])c1ccc(NC2(CO)CC2)c2cnccc12. The fourth-order valence-electron chi connectivity index (χ4n) is 2.20. The largest absolute Gasteiger partial charge is 0.394 e. The number of aromatic nitrogens is 1. The highest BCUT2D eigenvalue weighted by Crippen LogP contribution is 2.41. The van der Waals surface area contributed by atoms with Crippen molar-refractivity contribution in [2.45, 2.75) is 18.4 Å². The van der Waals surface area contributed by atoms with Crippen molar-refractivity contribution in [1.82, 2.24) is 4.98 Å². The summed E-state index contributed by atoms with van der Waals surface area (Å²) in [5, 5.41) is 24.9. The smallest absolute Gasteiger partial charge is 0.277 e. The topological polar surface area (TPSA) is 88.3 Å². The minimum Gasteiger partial charge on any atom is -0.394 e. The molecule has 19 heavy (non-hydrogen) atoms. The summed E-state index contributed by atoms with van der Waals surface area (Å²) >= 11 is 0. The number of nitro groups is 1. The van der Waals surface area contributed by atoms with E-state index in [0.717, 1.165) is 18.5 Å². The van der Waals surface area contributed by atoms with Gasteiger partial charge in [-0.05, 0) is 25.0 Å². The molecule has 2 aromatic rings. The quantitative estimate of drug-likeness (QED) is 0.648. The number of nitrogens with zero attached hydrogens (tertiary/aromatic N) is 2. The van der Waals surface area contributed by atoms with Crippen LogP contribution < -0.4 is 5.32 Å². The Labute approximate surface area is 109 Å². The Balaban J connectivity index is 2.11. The van der Waals surface area contributed by atoms with Crippen molar-refractivity contribution >= 4 is 22.1 Å². The Morgan fingerprint density at radius 2 is 2.16 bits per heavy atom. The first kappa shape index (κ1) is 11.9. The first-order valence-electron chi connectivity index (χ1n) is 6.05. The van der Waals surface area contributed by atoms with Crippen LogP contribution in [0.5, 0.6) is 0 Å². The Hall–Kier alpha value is -2.21. The van der Waals surface area contributed by atoms with Gasteiger partial charge in [0.15, 0.2) is 0 Å². The molecule has 0 unspecified atom stereocenters. The van der Waals surface area contributed by atoms with Crippen LogP contribution in [-0.4, -0.2) is 27.2 Å². The summed E-state index contributed by atoms with van der Waals surface area (Å²) in [4.78, 5) is 14.6. The minimum atomic E-state index is -0.398. The van der Waals surface area contributed by atoms with Crippen molar-refractivity contribution in [2.24, 2.45) is 0 Å². The number of pyridine rings is 1. The van der Waals surface area contributed by atoms with Gasteiger partial charge in [-0.1, -0.05) is 0 Å². The zero-order chi connectivity index (χ0) is 13.5. The molecule has 2 N–H and O–H groups in total. The molecule has 1 heterocycles. The van der Waals surface area contributed by atoms with Gasteiger partial charge in [0.05, 0.1) is 22.5 Å². The number of fused-ring (bicyclic) bond motifs is 1. The third kappa shape index (κ3) is 2.00. The van der Waals surface area contributed by atoms with Gasteiger partial charge >= 0.3 is 0 Å². The third-order valence-electron chi connectivity index (χ3n) is 3.55. The van der Waals surface area contributed by atoms with E-state index in [2.05, 4.69) is 10.3 Å². The summed E-state index contributed by atoms with van der Waals surface area (Å²) in [6.45, 7) is 0.0613. The highest BCUT2D eigenvalue weighted by molar-refractivity contribution is 5.99. The maximum absolute atomic E-state index is 11.0. The van der Waals surface area contributed by atoms with Gasteiger partial charge in [-0.3, -0.25) is 15.1 Å². The molecule has 0 aliphatic heterocycles. The van der Waals surface area contributed by atoms with E-state index < -0.39 is 4.92 Å². The fraction of sp³-hybridized carbons (Fsp3) is 0.308. The molecule has 1 aliphatic carbocycles. The number of benzene rings is 1. The number of hydrogen-bond acceptors (Lipinski definition) is 5. The Morgan fingerprint density at radius 3 is 2.79 bits per heavy atom. The molecular formula is C13H13N3O3. The average molecular weight is 259 g/mol. The number of nitrogens with one attached hydrogen (secondary N) is 1.